The average Bonchev–Trinajstić information content (AvgIpc) is 2.84. The molecule has 0 aliphatic heterocycles. The molecule has 0 radical (unpaired) electrons. The van der Waals surface area contributed by atoms with E-state index in [9.17, 15) is 4.79 Å². The average molecular weight is 432 g/mol. The van der Waals surface area contributed by atoms with Crippen LogP contribution in [-0.4, -0.2) is 36.9 Å². The summed E-state index contributed by atoms with van der Waals surface area (Å²) >= 11 is 0. The Labute approximate surface area is 189 Å². The molecule has 1 aromatic heterocycles. The Bertz CT molecular complexity index is 944. The molecule has 0 bridgehead atoms. The summed E-state index contributed by atoms with van der Waals surface area (Å²) in [6.07, 6.45) is 3.70. The van der Waals surface area contributed by atoms with Gasteiger partial charge in [0, 0.05) is 24.8 Å². The summed E-state index contributed by atoms with van der Waals surface area (Å²) < 4.78 is 16.6. The molecule has 3 rings (SSSR count). The number of esters is 1. The highest BCUT2D eigenvalue weighted by atomic mass is 16.6. The highest BCUT2D eigenvalue weighted by Crippen LogP contribution is 2.22. The zero-order valence-corrected chi connectivity index (χ0v) is 18.6. The maximum absolute atomic E-state index is 12.1. The van der Waals surface area contributed by atoms with E-state index in [1.165, 1.54) is 0 Å². The van der Waals surface area contributed by atoms with E-state index in [2.05, 4.69) is 17.1 Å². The molecule has 5 nitrogen and oxygen atoms in total. The fourth-order valence-corrected chi connectivity index (χ4v) is 3.31. The molecule has 0 amide bonds. The molecule has 32 heavy (non-hydrogen) atoms. The Morgan fingerprint density at radius 2 is 1.69 bits per heavy atom. The molecule has 0 saturated carbocycles. The van der Waals surface area contributed by atoms with Crippen molar-refractivity contribution in [1.29, 1.82) is 0 Å². The molecule has 0 spiro atoms. The van der Waals surface area contributed by atoms with Crippen molar-refractivity contribution in [3.63, 3.8) is 0 Å². The number of hydrogen-bond donors (Lipinski definition) is 0. The van der Waals surface area contributed by atoms with E-state index in [1.807, 2.05) is 73.7 Å². The van der Waals surface area contributed by atoms with Crippen LogP contribution < -0.4 is 4.74 Å². The quantitative estimate of drug-likeness (QED) is 0.395. The van der Waals surface area contributed by atoms with Gasteiger partial charge < -0.3 is 14.2 Å². The maximum Gasteiger partial charge on any atom is 0.335 e. The monoisotopic (exact) mass is 431 g/mol. The first-order chi connectivity index (χ1) is 15.7. The third kappa shape index (κ3) is 6.79. The van der Waals surface area contributed by atoms with Gasteiger partial charge in [0.15, 0.2) is 6.10 Å². The van der Waals surface area contributed by atoms with E-state index in [0.29, 0.717) is 26.2 Å². The van der Waals surface area contributed by atoms with Crippen LogP contribution in [0.4, 0.5) is 0 Å². The van der Waals surface area contributed by atoms with Crippen LogP contribution in [0.25, 0.3) is 5.57 Å². The number of pyridine rings is 1. The van der Waals surface area contributed by atoms with Crippen molar-refractivity contribution in [2.24, 2.45) is 0 Å². The van der Waals surface area contributed by atoms with Gasteiger partial charge in [0.05, 0.1) is 12.3 Å². The largest absolute Gasteiger partial charge is 0.490 e. The van der Waals surface area contributed by atoms with Gasteiger partial charge in [-0.1, -0.05) is 48.5 Å². The molecule has 0 fully saturated rings. The molecular formula is C27H29NO4. The van der Waals surface area contributed by atoms with Crippen LogP contribution in [0.1, 0.15) is 30.7 Å². The summed E-state index contributed by atoms with van der Waals surface area (Å²) in [4.78, 5) is 16.5. The number of carbonyl (C=O) groups is 1. The Kier molecular flexibility index (Phi) is 9.02. The first-order valence-corrected chi connectivity index (χ1v) is 10.9. The summed E-state index contributed by atoms with van der Waals surface area (Å²) in [5.74, 6) is 0.422. The highest BCUT2D eigenvalue weighted by Gasteiger charge is 2.20. The summed E-state index contributed by atoms with van der Waals surface area (Å²) in [7, 11) is 0. The summed E-state index contributed by atoms with van der Waals surface area (Å²) in [5, 5.41) is 0. The lowest BCUT2D eigenvalue weighted by Gasteiger charge is -2.15. The first-order valence-electron chi connectivity index (χ1n) is 10.9. The number of aromatic nitrogens is 1. The van der Waals surface area contributed by atoms with E-state index in [4.69, 9.17) is 14.2 Å². The minimum atomic E-state index is -0.596. The first kappa shape index (κ1) is 23.2. The van der Waals surface area contributed by atoms with Crippen molar-refractivity contribution >= 4 is 11.5 Å². The fraction of sp³-hybridized carbons (Fsp3) is 0.259. The molecule has 2 aromatic carbocycles. The standard InChI is InChI=1S/C27H29NO4/c1-3-30-26(27(29)31-4-2)20-21-13-15-23(16-14-21)32-19-17-24(22-10-6-5-7-11-22)25-12-8-9-18-28-25/h5-18,26H,3-4,19-20H2,1-2H3. The zero-order chi connectivity index (χ0) is 22.6. The number of ether oxygens (including phenoxy) is 3. The van der Waals surface area contributed by atoms with Crippen molar-refractivity contribution in [3.05, 3.63) is 102 Å². The number of hydrogen-bond acceptors (Lipinski definition) is 5. The number of carbonyl (C=O) groups excluding carboxylic acids is 1. The molecule has 0 aliphatic rings. The van der Waals surface area contributed by atoms with Gasteiger partial charge >= 0.3 is 5.97 Å². The van der Waals surface area contributed by atoms with Gasteiger partial charge in [-0.2, -0.15) is 0 Å². The smallest absolute Gasteiger partial charge is 0.335 e. The SMILES string of the molecule is CCOC(=O)C(Cc1ccc(OCC=C(c2ccccc2)c2ccccn2)cc1)OCC. The van der Waals surface area contributed by atoms with E-state index < -0.39 is 6.10 Å². The summed E-state index contributed by atoms with van der Waals surface area (Å²) in [6.45, 7) is 4.86. The third-order valence-electron chi connectivity index (χ3n) is 4.82. The molecule has 1 atom stereocenters. The fourth-order valence-electron chi connectivity index (χ4n) is 3.31. The summed E-state index contributed by atoms with van der Waals surface area (Å²) in [5.41, 5.74) is 4.00. The van der Waals surface area contributed by atoms with Crippen molar-refractivity contribution < 1.29 is 19.0 Å². The number of benzene rings is 2. The van der Waals surface area contributed by atoms with Crippen molar-refractivity contribution in [2.75, 3.05) is 19.8 Å². The van der Waals surface area contributed by atoms with E-state index in [0.717, 1.165) is 28.1 Å². The van der Waals surface area contributed by atoms with Crippen molar-refractivity contribution in [2.45, 2.75) is 26.4 Å². The highest BCUT2D eigenvalue weighted by molar-refractivity contribution is 5.77. The van der Waals surface area contributed by atoms with Gasteiger partial charge in [-0.25, -0.2) is 4.79 Å². The van der Waals surface area contributed by atoms with Gasteiger partial charge in [-0.05, 0) is 55.3 Å². The predicted molar refractivity (Wildman–Crippen MR) is 125 cm³/mol. The van der Waals surface area contributed by atoms with Crippen LogP contribution in [-0.2, 0) is 20.7 Å². The lowest BCUT2D eigenvalue weighted by atomic mass is 10.0. The molecule has 1 unspecified atom stereocenters. The van der Waals surface area contributed by atoms with Gasteiger partial charge in [-0.15, -0.1) is 0 Å². The molecule has 0 aliphatic carbocycles. The zero-order valence-electron chi connectivity index (χ0n) is 18.6. The topological polar surface area (TPSA) is 57.7 Å². The third-order valence-corrected chi connectivity index (χ3v) is 4.82. The van der Waals surface area contributed by atoms with Crippen LogP contribution in [0, 0.1) is 0 Å². The minimum Gasteiger partial charge on any atom is -0.490 e. The molecule has 1 heterocycles. The minimum absolute atomic E-state index is 0.331. The van der Waals surface area contributed by atoms with Gasteiger partial charge in [0.25, 0.3) is 0 Å². The van der Waals surface area contributed by atoms with Gasteiger partial charge in [0.2, 0.25) is 0 Å². The van der Waals surface area contributed by atoms with Crippen molar-refractivity contribution in [3.8, 4) is 5.75 Å². The van der Waals surface area contributed by atoms with Crippen LogP contribution in [0.3, 0.4) is 0 Å². The second-order valence-electron chi connectivity index (χ2n) is 7.05. The second-order valence-corrected chi connectivity index (χ2v) is 7.05. The van der Waals surface area contributed by atoms with E-state index >= 15 is 0 Å². The lowest BCUT2D eigenvalue weighted by Crippen LogP contribution is -2.28. The van der Waals surface area contributed by atoms with Gasteiger partial charge in [0.1, 0.15) is 12.4 Å². The second kappa shape index (κ2) is 12.4. The Hall–Kier alpha value is -3.44. The van der Waals surface area contributed by atoms with Crippen LogP contribution in [0.5, 0.6) is 5.75 Å². The van der Waals surface area contributed by atoms with Crippen molar-refractivity contribution in [1.82, 2.24) is 4.98 Å². The Balaban J connectivity index is 1.65. The lowest BCUT2D eigenvalue weighted by molar-refractivity contribution is -0.156. The molecule has 0 saturated heterocycles. The summed E-state index contributed by atoms with van der Waals surface area (Å²) in [6, 6.07) is 23.7. The van der Waals surface area contributed by atoms with Crippen LogP contribution in [0.2, 0.25) is 0 Å². The van der Waals surface area contributed by atoms with Crippen LogP contribution >= 0.6 is 0 Å². The number of nitrogens with zero attached hydrogens (tertiary/aromatic N) is 1. The predicted octanol–water partition coefficient (Wildman–Crippen LogP) is 5.10. The van der Waals surface area contributed by atoms with Crippen LogP contribution in [0.15, 0.2) is 85.1 Å². The maximum atomic E-state index is 12.1. The number of rotatable bonds is 11. The molecule has 166 valence electrons. The molecule has 5 heteroatoms. The molecule has 3 aromatic rings. The van der Waals surface area contributed by atoms with Gasteiger partial charge in [-0.3, -0.25) is 4.98 Å². The van der Waals surface area contributed by atoms with E-state index in [1.54, 1.807) is 13.1 Å². The Morgan fingerprint density at radius 3 is 2.34 bits per heavy atom. The molecule has 0 N–H and O–H groups in total. The van der Waals surface area contributed by atoms with E-state index in [-0.39, 0.29) is 5.97 Å². The Morgan fingerprint density at radius 1 is 0.938 bits per heavy atom. The molecular weight excluding hydrogens is 402 g/mol. The normalized spacial score (nSPS) is 12.2.